The van der Waals surface area contributed by atoms with E-state index in [1.807, 2.05) is 6.92 Å². The van der Waals surface area contributed by atoms with Gasteiger partial charge in [0.1, 0.15) is 5.01 Å². The average Bonchev–Trinajstić information content (AvgIpc) is 3.30. The lowest BCUT2D eigenvalue weighted by atomic mass is 10.1. The number of rotatable bonds is 4. The highest BCUT2D eigenvalue weighted by molar-refractivity contribution is 7.15. The molecule has 9 heteroatoms. The number of hydrogen-bond acceptors (Lipinski definition) is 4. The van der Waals surface area contributed by atoms with Crippen LogP contribution < -0.4 is 0 Å². The smallest absolute Gasteiger partial charge is 0.342 e. The molecular weight excluding hydrogens is 415 g/mol. The van der Waals surface area contributed by atoms with E-state index >= 15 is 0 Å². The number of likely N-dealkylation sites (tertiary alicyclic amines) is 1. The highest BCUT2D eigenvalue weighted by Gasteiger charge is 2.37. The maximum absolute atomic E-state index is 13.0. The number of aromatic nitrogens is 1. The van der Waals surface area contributed by atoms with Gasteiger partial charge in [-0.05, 0) is 18.6 Å². The quantitative estimate of drug-likeness (QED) is 0.727. The Hall–Kier alpha value is -2.42. The molecule has 160 valence electrons. The van der Waals surface area contributed by atoms with Crippen molar-refractivity contribution in [2.24, 2.45) is 5.92 Å². The molecule has 0 radical (unpaired) electrons. The second-order valence-corrected chi connectivity index (χ2v) is 8.80. The predicted octanol–water partition coefficient (Wildman–Crippen LogP) is 3.97. The van der Waals surface area contributed by atoms with E-state index in [-0.39, 0.29) is 24.2 Å². The standard InChI is InChI=1S/C21H22F3N3O2S/c1-2-7-26-11-14(10-18(26)28)20(29)27-8-6-16-17(12-27)30-19(25-16)13-4-3-5-15(9-13)21(22,23)24/h3-5,9,14H,2,6-8,10-12H2,1H3/t14-/m1/s1. The molecular formula is C21H22F3N3O2S. The fourth-order valence-corrected chi connectivity index (χ4v) is 5.14. The van der Waals surface area contributed by atoms with Gasteiger partial charge in [0.15, 0.2) is 0 Å². The Morgan fingerprint density at radius 3 is 2.87 bits per heavy atom. The van der Waals surface area contributed by atoms with Crippen LogP contribution in [0.5, 0.6) is 0 Å². The van der Waals surface area contributed by atoms with Crippen molar-refractivity contribution in [3.63, 3.8) is 0 Å². The monoisotopic (exact) mass is 437 g/mol. The number of carbonyl (C=O) groups excluding carboxylic acids is 2. The van der Waals surface area contributed by atoms with E-state index in [2.05, 4.69) is 4.98 Å². The van der Waals surface area contributed by atoms with Gasteiger partial charge in [-0.25, -0.2) is 4.98 Å². The first kappa shape index (κ1) is 20.8. The van der Waals surface area contributed by atoms with Crippen molar-refractivity contribution in [1.29, 1.82) is 0 Å². The first-order valence-electron chi connectivity index (χ1n) is 9.99. The molecule has 2 amide bonds. The van der Waals surface area contributed by atoms with E-state index < -0.39 is 11.7 Å². The number of nitrogens with zero attached hydrogens (tertiary/aromatic N) is 3. The minimum absolute atomic E-state index is 0.0255. The zero-order valence-corrected chi connectivity index (χ0v) is 17.4. The Morgan fingerprint density at radius 2 is 2.13 bits per heavy atom. The molecule has 3 heterocycles. The van der Waals surface area contributed by atoms with Gasteiger partial charge in [-0.3, -0.25) is 9.59 Å². The molecule has 2 aliphatic rings. The Labute approximate surface area is 176 Å². The zero-order valence-electron chi connectivity index (χ0n) is 16.5. The SMILES string of the molecule is CCCN1C[C@H](C(=O)N2CCc3nc(-c4cccc(C(F)(F)F)c4)sc3C2)CC1=O. The predicted molar refractivity (Wildman–Crippen MR) is 107 cm³/mol. The summed E-state index contributed by atoms with van der Waals surface area (Å²) in [5, 5.41) is 0.533. The summed E-state index contributed by atoms with van der Waals surface area (Å²) in [6.07, 6.45) is -2.73. The van der Waals surface area contributed by atoms with Crippen LogP contribution in [0.15, 0.2) is 24.3 Å². The van der Waals surface area contributed by atoms with E-state index in [0.29, 0.717) is 43.2 Å². The maximum Gasteiger partial charge on any atom is 0.416 e. The van der Waals surface area contributed by atoms with Crippen molar-refractivity contribution in [2.45, 2.75) is 38.9 Å². The van der Waals surface area contributed by atoms with Crippen LogP contribution in [0.25, 0.3) is 10.6 Å². The number of alkyl halides is 3. The van der Waals surface area contributed by atoms with Crippen LogP contribution in [-0.2, 0) is 28.7 Å². The summed E-state index contributed by atoms with van der Waals surface area (Å²) in [5.41, 5.74) is 0.567. The molecule has 5 nitrogen and oxygen atoms in total. The van der Waals surface area contributed by atoms with Crippen molar-refractivity contribution in [2.75, 3.05) is 19.6 Å². The van der Waals surface area contributed by atoms with E-state index in [9.17, 15) is 22.8 Å². The molecule has 1 aromatic heterocycles. The molecule has 0 saturated carbocycles. The number of amides is 2. The van der Waals surface area contributed by atoms with Crippen molar-refractivity contribution < 1.29 is 22.8 Å². The van der Waals surface area contributed by atoms with Crippen molar-refractivity contribution in [1.82, 2.24) is 14.8 Å². The Kier molecular flexibility index (Phi) is 5.57. The van der Waals surface area contributed by atoms with Gasteiger partial charge >= 0.3 is 6.18 Å². The van der Waals surface area contributed by atoms with E-state index in [1.165, 1.54) is 17.4 Å². The Bertz CT molecular complexity index is 973. The third kappa shape index (κ3) is 4.08. The molecule has 1 fully saturated rings. The van der Waals surface area contributed by atoms with E-state index in [0.717, 1.165) is 29.1 Å². The van der Waals surface area contributed by atoms with Crippen LogP contribution >= 0.6 is 11.3 Å². The topological polar surface area (TPSA) is 53.5 Å². The van der Waals surface area contributed by atoms with E-state index in [1.54, 1.807) is 15.9 Å². The maximum atomic E-state index is 13.0. The molecule has 1 saturated heterocycles. The van der Waals surface area contributed by atoms with Gasteiger partial charge in [0, 0.05) is 42.9 Å². The molecule has 0 unspecified atom stereocenters. The number of hydrogen-bond donors (Lipinski definition) is 0. The van der Waals surface area contributed by atoms with Gasteiger partial charge in [-0.1, -0.05) is 19.1 Å². The molecule has 0 spiro atoms. The summed E-state index contributed by atoms with van der Waals surface area (Å²) in [7, 11) is 0. The molecule has 2 aliphatic heterocycles. The summed E-state index contributed by atoms with van der Waals surface area (Å²) in [5.74, 6) is -0.319. The van der Waals surface area contributed by atoms with Crippen molar-refractivity contribution >= 4 is 23.2 Å². The van der Waals surface area contributed by atoms with Crippen molar-refractivity contribution in [3.05, 3.63) is 40.4 Å². The second-order valence-electron chi connectivity index (χ2n) is 7.72. The van der Waals surface area contributed by atoms with Crippen LogP contribution in [0.3, 0.4) is 0 Å². The lowest BCUT2D eigenvalue weighted by molar-refractivity contribution is -0.137. The molecule has 1 aromatic carbocycles. The normalized spacial score (nSPS) is 19.3. The lowest BCUT2D eigenvalue weighted by Gasteiger charge is -2.28. The minimum atomic E-state index is -4.40. The molecule has 0 bridgehead atoms. The van der Waals surface area contributed by atoms with E-state index in [4.69, 9.17) is 0 Å². The Balaban J connectivity index is 1.49. The van der Waals surface area contributed by atoms with Gasteiger partial charge in [0.05, 0.1) is 23.7 Å². The highest BCUT2D eigenvalue weighted by Crippen LogP contribution is 2.36. The molecule has 0 N–H and O–H groups in total. The minimum Gasteiger partial charge on any atom is -0.342 e. The van der Waals surface area contributed by atoms with Crippen LogP contribution in [0.4, 0.5) is 13.2 Å². The third-order valence-electron chi connectivity index (χ3n) is 5.54. The fourth-order valence-electron chi connectivity index (χ4n) is 4.02. The summed E-state index contributed by atoms with van der Waals surface area (Å²) in [6.45, 7) is 4.04. The molecule has 0 aliphatic carbocycles. The summed E-state index contributed by atoms with van der Waals surface area (Å²) in [6, 6.07) is 5.16. The molecule has 30 heavy (non-hydrogen) atoms. The number of halogens is 3. The third-order valence-corrected chi connectivity index (χ3v) is 6.67. The van der Waals surface area contributed by atoms with Crippen LogP contribution in [0, 0.1) is 5.92 Å². The van der Waals surface area contributed by atoms with Crippen LogP contribution in [-0.4, -0.2) is 46.2 Å². The molecule has 4 rings (SSSR count). The number of thiazole rings is 1. The van der Waals surface area contributed by atoms with Crippen LogP contribution in [0.1, 0.15) is 35.9 Å². The van der Waals surface area contributed by atoms with Gasteiger partial charge in [-0.2, -0.15) is 13.2 Å². The summed E-state index contributed by atoms with van der Waals surface area (Å²) >= 11 is 1.33. The number of fused-ring (bicyclic) bond motifs is 1. The number of benzene rings is 1. The zero-order chi connectivity index (χ0) is 21.5. The summed E-state index contributed by atoms with van der Waals surface area (Å²) < 4.78 is 39.0. The van der Waals surface area contributed by atoms with Gasteiger partial charge < -0.3 is 9.80 Å². The first-order valence-corrected chi connectivity index (χ1v) is 10.8. The van der Waals surface area contributed by atoms with Gasteiger partial charge in [0.25, 0.3) is 0 Å². The first-order chi connectivity index (χ1) is 14.3. The van der Waals surface area contributed by atoms with Crippen molar-refractivity contribution in [3.8, 4) is 10.6 Å². The fraction of sp³-hybridized carbons (Fsp3) is 0.476. The Morgan fingerprint density at radius 1 is 1.33 bits per heavy atom. The largest absolute Gasteiger partial charge is 0.416 e. The lowest BCUT2D eigenvalue weighted by Crippen LogP contribution is -2.40. The summed E-state index contributed by atoms with van der Waals surface area (Å²) in [4.78, 5) is 34.0. The highest BCUT2D eigenvalue weighted by atomic mass is 32.1. The molecule has 1 atom stereocenters. The average molecular weight is 437 g/mol. The number of carbonyl (C=O) groups is 2. The van der Waals surface area contributed by atoms with Gasteiger partial charge in [-0.15, -0.1) is 11.3 Å². The van der Waals surface area contributed by atoms with Gasteiger partial charge in [0.2, 0.25) is 11.8 Å². The molecule has 2 aromatic rings. The van der Waals surface area contributed by atoms with Crippen LogP contribution in [0.2, 0.25) is 0 Å². The second kappa shape index (κ2) is 8.02.